The van der Waals surface area contributed by atoms with Crippen molar-refractivity contribution in [2.24, 2.45) is 0 Å². The molecule has 0 bridgehead atoms. The van der Waals surface area contributed by atoms with E-state index in [0.717, 1.165) is 0 Å². The molecular weight excluding hydrogens is 306 g/mol. The van der Waals surface area contributed by atoms with Gasteiger partial charge in [0, 0.05) is 32.7 Å². The fourth-order valence-corrected chi connectivity index (χ4v) is 2.61. The molecule has 1 aromatic heterocycles. The molecular formula is C14H17N3O6. The van der Waals surface area contributed by atoms with Crippen LogP contribution in [0.2, 0.25) is 0 Å². The Morgan fingerprint density at radius 2 is 2.26 bits per heavy atom. The average molecular weight is 323 g/mol. The van der Waals surface area contributed by atoms with Crippen molar-refractivity contribution in [1.29, 1.82) is 0 Å². The molecule has 124 valence electrons. The van der Waals surface area contributed by atoms with Gasteiger partial charge >= 0.3 is 5.97 Å². The molecule has 9 heteroatoms. The standard InChI is InChI=1S/C14H17N3O6/c1-8(18)22-9(2)23-13-10(19)3-4-17-12(13)14(20)16-5-6-21-7-11(16)15-17/h3-4,9,11,15H,5-7H2,1-2H3/t9?,11-/m0/s1. The fraction of sp³-hybridized carbons (Fsp3) is 0.500. The lowest BCUT2D eigenvalue weighted by molar-refractivity contribution is -0.158. The monoisotopic (exact) mass is 323 g/mol. The minimum Gasteiger partial charge on any atom is -0.448 e. The SMILES string of the molecule is CC(=O)OC(C)Oc1c2n(ccc1=O)N[C@@H]1COCCN1C2=O. The molecule has 1 aromatic rings. The summed E-state index contributed by atoms with van der Waals surface area (Å²) in [5.41, 5.74) is 2.70. The number of carbonyl (C=O) groups excluding carboxylic acids is 2. The van der Waals surface area contributed by atoms with Crippen molar-refractivity contribution in [1.82, 2.24) is 9.58 Å². The molecule has 2 aliphatic rings. The first-order valence-electron chi connectivity index (χ1n) is 7.22. The Labute approximate surface area is 131 Å². The first-order valence-corrected chi connectivity index (χ1v) is 7.22. The van der Waals surface area contributed by atoms with Gasteiger partial charge in [0.15, 0.2) is 5.69 Å². The van der Waals surface area contributed by atoms with Crippen molar-refractivity contribution < 1.29 is 23.8 Å². The van der Waals surface area contributed by atoms with E-state index < -0.39 is 17.7 Å². The van der Waals surface area contributed by atoms with Crippen LogP contribution in [0.15, 0.2) is 17.1 Å². The molecule has 1 N–H and O–H groups in total. The number of fused-ring (bicyclic) bond motifs is 2. The van der Waals surface area contributed by atoms with Gasteiger partial charge in [-0.05, 0) is 0 Å². The summed E-state index contributed by atoms with van der Waals surface area (Å²) in [6.45, 7) is 3.91. The quantitative estimate of drug-likeness (QED) is 0.591. The number of aromatic nitrogens is 1. The van der Waals surface area contributed by atoms with E-state index in [-0.39, 0.29) is 23.5 Å². The molecule has 1 unspecified atom stereocenters. The number of pyridine rings is 1. The van der Waals surface area contributed by atoms with Crippen LogP contribution in [0.4, 0.5) is 0 Å². The average Bonchev–Trinajstić information content (AvgIpc) is 2.49. The zero-order chi connectivity index (χ0) is 16.6. The van der Waals surface area contributed by atoms with E-state index in [0.29, 0.717) is 19.8 Å². The second-order valence-corrected chi connectivity index (χ2v) is 5.24. The molecule has 0 aromatic carbocycles. The van der Waals surface area contributed by atoms with Crippen molar-refractivity contribution in [3.63, 3.8) is 0 Å². The maximum Gasteiger partial charge on any atom is 0.305 e. The largest absolute Gasteiger partial charge is 0.448 e. The number of morpholine rings is 1. The molecule has 0 radical (unpaired) electrons. The molecule has 1 fully saturated rings. The summed E-state index contributed by atoms with van der Waals surface area (Å²) < 4.78 is 17.1. The van der Waals surface area contributed by atoms with Gasteiger partial charge in [0.2, 0.25) is 17.5 Å². The molecule has 0 aliphatic carbocycles. The van der Waals surface area contributed by atoms with Gasteiger partial charge in [0.05, 0.1) is 13.2 Å². The van der Waals surface area contributed by atoms with Crippen molar-refractivity contribution in [2.45, 2.75) is 26.3 Å². The summed E-state index contributed by atoms with van der Waals surface area (Å²) in [5.74, 6) is -1.02. The third-order valence-corrected chi connectivity index (χ3v) is 3.55. The van der Waals surface area contributed by atoms with Gasteiger partial charge in [-0.3, -0.25) is 19.1 Å². The van der Waals surface area contributed by atoms with Crippen molar-refractivity contribution >= 4 is 11.9 Å². The van der Waals surface area contributed by atoms with E-state index >= 15 is 0 Å². The highest BCUT2D eigenvalue weighted by Crippen LogP contribution is 2.23. The summed E-state index contributed by atoms with van der Waals surface area (Å²) in [4.78, 5) is 37.4. The number of nitrogens with zero attached hydrogens (tertiary/aromatic N) is 2. The third kappa shape index (κ3) is 2.87. The van der Waals surface area contributed by atoms with Gasteiger partial charge in [0.1, 0.15) is 6.17 Å². The first-order chi connectivity index (χ1) is 11.0. The number of hydrogen-bond donors (Lipinski definition) is 1. The van der Waals surface area contributed by atoms with Gasteiger partial charge in [-0.25, -0.2) is 0 Å². The Kier molecular flexibility index (Phi) is 3.95. The Hall–Kier alpha value is -2.55. The maximum absolute atomic E-state index is 12.7. The number of hydrogen-bond acceptors (Lipinski definition) is 7. The number of ether oxygens (including phenoxy) is 3. The van der Waals surface area contributed by atoms with Crippen molar-refractivity contribution in [3.8, 4) is 5.75 Å². The van der Waals surface area contributed by atoms with Gasteiger partial charge < -0.3 is 24.5 Å². The van der Waals surface area contributed by atoms with Crippen LogP contribution in [0.3, 0.4) is 0 Å². The van der Waals surface area contributed by atoms with E-state index in [1.165, 1.54) is 30.8 Å². The highest BCUT2D eigenvalue weighted by atomic mass is 16.7. The lowest BCUT2D eigenvalue weighted by atomic mass is 10.2. The minimum absolute atomic E-state index is 0.0784. The highest BCUT2D eigenvalue weighted by Gasteiger charge is 2.37. The topological polar surface area (TPSA) is 99.1 Å². The van der Waals surface area contributed by atoms with E-state index in [1.807, 2.05) is 0 Å². The first kappa shape index (κ1) is 15.3. The van der Waals surface area contributed by atoms with Crippen LogP contribution in [-0.2, 0) is 14.3 Å². The van der Waals surface area contributed by atoms with Gasteiger partial charge in [-0.2, -0.15) is 0 Å². The molecule has 23 heavy (non-hydrogen) atoms. The maximum atomic E-state index is 12.7. The Morgan fingerprint density at radius 3 is 3.00 bits per heavy atom. The van der Waals surface area contributed by atoms with E-state index in [2.05, 4.69) is 5.43 Å². The molecule has 2 aliphatic heterocycles. The minimum atomic E-state index is -0.984. The summed E-state index contributed by atoms with van der Waals surface area (Å²) in [6.07, 6.45) is 0.178. The summed E-state index contributed by atoms with van der Waals surface area (Å²) >= 11 is 0. The predicted octanol–water partition coefficient (Wildman–Crippen LogP) is -0.508. The van der Waals surface area contributed by atoms with Crippen LogP contribution in [0, 0.1) is 0 Å². The van der Waals surface area contributed by atoms with E-state index in [9.17, 15) is 14.4 Å². The van der Waals surface area contributed by atoms with Crippen LogP contribution in [0.1, 0.15) is 24.3 Å². The van der Waals surface area contributed by atoms with Crippen molar-refractivity contribution in [3.05, 3.63) is 28.2 Å². The molecule has 0 saturated carbocycles. The molecule has 3 heterocycles. The molecule has 0 spiro atoms. The zero-order valence-corrected chi connectivity index (χ0v) is 12.8. The number of rotatable bonds is 3. The summed E-state index contributed by atoms with van der Waals surface area (Å²) in [7, 11) is 0. The van der Waals surface area contributed by atoms with Gasteiger partial charge in [-0.1, -0.05) is 0 Å². The molecule has 1 amide bonds. The van der Waals surface area contributed by atoms with E-state index in [1.54, 1.807) is 4.90 Å². The Morgan fingerprint density at radius 1 is 1.48 bits per heavy atom. The molecule has 2 atom stereocenters. The second kappa shape index (κ2) is 5.92. The van der Waals surface area contributed by atoms with Gasteiger partial charge in [0.25, 0.3) is 5.91 Å². The number of amides is 1. The zero-order valence-electron chi connectivity index (χ0n) is 12.8. The molecule has 9 nitrogen and oxygen atoms in total. The van der Waals surface area contributed by atoms with Crippen LogP contribution in [-0.4, -0.2) is 53.7 Å². The molecule has 1 saturated heterocycles. The van der Waals surface area contributed by atoms with E-state index in [4.69, 9.17) is 14.2 Å². The van der Waals surface area contributed by atoms with Crippen molar-refractivity contribution in [2.75, 3.05) is 25.2 Å². The summed E-state index contributed by atoms with van der Waals surface area (Å²) in [5, 5.41) is 0. The number of esters is 1. The number of carbonyl (C=O) groups is 2. The Balaban J connectivity index is 1.97. The Bertz CT molecular complexity index is 700. The van der Waals surface area contributed by atoms with Crippen LogP contribution in [0.25, 0.3) is 0 Å². The van der Waals surface area contributed by atoms with Crippen LogP contribution < -0.4 is 15.6 Å². The summed E-state index contributed by atoms with van der Waals surface area (Å²) in [6, 6.07) is 1.28. The lowest BCUT2D eigenvalue weighted by Gasteiger charge is -2.41. The lowest BCUT2D eigenvalue weighted by Crippen LogP contribution is -2.59. The highest BCUT2D eigenvalue weighted by molar-refractivity contribution is 5.96. The predicted molar refractivity (Wildman–Crippen MR) is 77.6 cm³/mol. The fourth-order valence-electron chi connectivity index (χ4n) is 2.61. The third-order valence-electron chi connectivity index (χ3n) is 3.55. The van der Waals surface area contributed by atoms with Gasteiger partial charge in [-0.15, -0.1) is 0 Å². The second-order valence-electron chi connectivity index (χ2n) is 5.24. The number of nitrogens with one attached hydrogen (secondary N) is 1. The molecule has 3 rings (SSSR count). The smallest absolute Gasteiger partial charge is 0.305 e. The normalized spacial score (nSPS) is 20.9. The van der Waals surface area contributed by atoms with Crippen LogP contribution >= 0.6 is 0 Å². The van der Waals surface area contributed by atoms with Crippen LogP contribution in [0.5, 0.6) is 5.75 Å².